The fraction of sp³-hybridized carbons (Fsp3) is 0.593. The van der Waals surface area contributed by atoms with E-state index in [0.29, 0.717) is 69.6 Å². The zero-order chi connectivity index (χ0) is 26.6. The Morgan fingerprint density at radius 2 is 1.81 bits per heavy atom. The molecule has 0 unspecified atom stereocenters. The summed E-state index contributed by atoms with van der Waals surface area (Å²) in [7, 11) is 1.91. The number of aromatic nitrogens is 2. The summed E-state index contributed by atoms with van der Waals surface area (Å²) in [5.41, 5.74) is 3.09. The third kappa shape index (κ3) is 6.64. The zero-order valence-corrected chi connectivity index (χ0v) is 23.0. The van der Waals surface area contributed by atoms with Crippen LogP contribution in [0.15, 0.2) is 18.2 Å². The quantitative estimate of drug-likeness (QED) is 0.519. The molecule has 202 valence electrons. The van der Waals surface area contributed by atoms with Gasteiger partial charge in [0, 0.05) is 43.8 Å². The van der Waals surface area contributed by atoms with Crippen LogP contribution in [-0.2, 0) is 32.5 Å². The van der Waals surface area contributed by atoms with Crippen LogP contribution in [-0.4, -0.2) is 89.6 Å². The molecule has 1 aromatic carbocycles. The van der Waals surface area contributed by atoms with Crippen LogP contribution in [0.1, 0.15) is 35.4 Å². The average Bonchev–Trinajstić information content (AvgIpc) is 3.14. The highest BCUT2D eigenvalue weighted by atomic mass is 35.5. The molecule has 0 N–H and O–H groups in total. The van der Waals surface area contributed by atoms with E-state index in [0.717, 1.165) is 22.5 Å². The highest BCUT2D eigenvalue weighted by Crippen LogP contribution is 2.28. The van der Waals surface area contributed by atoms with Gasteiger partial charge >= 0.3 is 0 Å². The maximum absolute atomic E-state index is 13.3. The number of benzene rings is 1. The number of rotatable bonds is 8. The van der Waals surface area contributed by atoms with Crippen LogP contribution in [0.2, 0.25) is 5.02 Å². The first-order valence-corrected chi connectivity index (χ1v) is 13.2. The second-order valence-electron chi connectivity index (χ2n) is 9.99. The number of amides is 2. The van der Waals surface area contributed by atoms with Crippen LogP contribution in [0, 0.1) is 20.8 Å². The Labute approximate surface area is 223 Å². The Morgan fingerprint density at radius 3 is 2.49 bits per heavy atom. The first-order chi connectivity index (χ1) is 17.7. The number of carbonyl (C=O) groups excluding carboxylic acids is 2. The van der Waals surface area contributed by atoms with Gasteiger partial charge in [0.2, 0.25) is 11.8 Å². The largest absolute Gasteiger partial charge is 0.490 e. The summed E-state index contributed by atoms with van der Waals surface area (Å²) in [6.45, 7) is 9.33. The minimum absolute atomic E-state index is 0.0184. The molecular formula is C27H37ClN4O5. The van der Waals surface area contributed by atoms with Crippen molar-refractivity contribution in [1.82, 2.24) is 19.6 Å². The zero-order valence-electron chi connectivity index (χ0n) is 22.2. The van der Waals surface area contributed by atoms with Gasteiger partial charge in [-0.1, -0.05) is 11.6 Å². The minimum Gasteiger partial charge on any atom is -0.490 e. The molecule has 2 saturated heterocycles. The molecule has 2 fully saturated rings. The predicted molar refractivity (Wildman–Crippen MR) is 140 cm³/mol. The summed E-state index contributed by atoms with van der Waals surface area (Å²) in [6, 6.07) is 5.46. The fourth-order valence-electron chi connectivity index (χ4n) is 4.99. The number of ether oxygens (including phenoxy) is 3. The summed E-state index contributed by atoms with van der Waals surface area (Å²) in [4.78, 5) is 30.2. The Hall–Kier alpha value is -2.62. The molecule has 0 radical (unpaired) electrons. The van der Waals surface area contributed by atoms with E-state index < -0.39 is 5.60 Å². The summed E-state index contributed by atoms with van der Waals surface area (Å²) in [6.07, 6.45) is 1.13. The van der Waals surface area contributed by atoms with Gasteiger partial charge < -0.3 is 24.0 Å². The maximum atomic E-state index is 13.3. The van der Waals surface area contributed by atoms with Crippen LogP contribution in [0.5, 0.6) is 5.75 Å². The fourth-order valence-corrected chi connectivity index (χ4v) is 5.11. The van der Waals surface area contributed by atoms with Crippen molar-refractivity contribution in [3.63, 3.8) is 0 Å². The van der Waals surface area contributed by atoms with Crippen molar-refractivity contribution in [2.75, 3.05) is 52.6 Å². The van der Waals surface area contributed by atoms with Crippen LogP contribution in [0.3, 0.4) is 0 Å². The minimum atomic E-state index is -0.947. The molecule has 2 amide bonds. The molecule has 1 atom stereocenters. The molecule has 1 aromatic heterocycles. The Kier molecular flexibility index (Phi) is 8.77. The molecule has 0 aliphatic carbocycles. The molecule has 0 saturated carbocycles. The van der Waals surface area contributed by atoms with Crippen molar-refractivity contribution in [2.45, 2.75) is 45.6 Å². The summed E-state index contributed by atoms with van der Waals surface area (Å²) in [5.74, 6) is 0.668. The van der Waals surface area contributed by atoms with Gasteiger partial charge in [-0.25, -0.2) is 0 Å². The lowest BCUT2D eigenvalue weighted by Crippen LogP contribution is -2.58. The lowest BCUT2D eigenvalue weighted by Gasteiger charge is -2.43. The van der Waals surface area contributed by atoms with Crippen molar-refractivity contribution in [1.29, 1.82) is 0 Å². The number of carbonyl (C=O) groups is 2. The number of halogens is 1. The average molecular weight is 533 g/mol. The maximum Gasteiger partial charge on any atom is 0.225 e. The highest BCUT2D eigenvalue weighted by Gasteiger charge is 2.42. The first-order valence-electron chi connectivity index (χ1n) is 12.8. The molecular weight excluding hydrogens is 496 g/mol. The number of hydrogen-bond acceptors (Lipinski definition) is 6. The van der Waals surface area contributed by atoms with E-state index in [1.165, 1.54) is 0 Å². The van der Waals surface area contributed by atoms with Crippen LogP contribution < -0.4 is 4.74 Å². The van der Waals surface area contributed by atoms with Gasteiger partial charge in [0.05, 0.1) is 38.5 Å². The van der Waals surface area contributed by atoms with E-state index in [-0.39, 0.29) is 24.8 Å². The summed E-state index contributed by atoms with van der Waals surface area (Å²) in [5, 5.41) is 5.12. The summed E-state index contributed by atoms with van der Waals surface area (Å²) < 4.78 is 19.6. The van der Waals surface area contributed by atoms with E-state index >= 15 is 0 Å². The van der Waals surface area contributed by atoms with E-state index in [2.05, 4.69) is 5.10 Å². The molecule has 2 aliphatic rings. The number of morpholine rings is 2. The second kappa shape index (κ2) is 11.8. The SMILES string of the molecule is Cc1cc(OC[C@]2(CC(=O)N3CCOCC3)CN(C(=O)CCc3c(C)nn(C)c3C)CCO2)ccc1Cl. The molecule has 2 aromatic rings. The Balaban J connectivity index is 1.47. The van der Waals surface area contributed by atoms with Crippen LogP contribution in [0.4, 0.5) is 0 Å². The molecule has 0 spiro atoms. The third-order valence-corrected chi connectivity index (χ3v) is 7.74. The van der Waals surface area contributed by atoms with Gasteiger partial charge in [0.1, 0.15) is 18.0 Å². The molecule has 4 rings (SSSR count). The number of aryl methyl sites for hydroxylation is 3. The number of nitrogens with zero attached hydrogens (tertiary/aromatic N) is 4. The Morgan fingerprint density at radius 1 is 1.08 bits per heavy atom. The van der Waals surface area contributed by atoms with Crippen molar-refractivity contribution in [3.05, 3.63) is 45.7 Å². The lowest BCUT2D eigenvalue weighted by atomic mass is 9.96. The predicted octanol–water partition coefficient (Wildman–Crippen LogP) is 2.86. The van der Waals surface area contributed by atoms with Crippen molar-refractivity contribution in [3.8, 4) is 5.75 Å². The Bertz CT molecular complexity index is 1130. The molecule has 10 heteroatoms. The molecule has 3 heterocycles. The topological polar surface area (TPSA) is 86.1 Å². The number of hydrogen-bond donors (Lipinski definition) is 0. The molecule has 2 aliphatic heterocycles. The monoisotopic (exact) mass is 532 g/mol. The van der Waals surface area contributed by atoms with E-state index in [1.807, 2.05) is 43.5 Å². The van der Waals surface area contributed by atoms with E-state index in [4.69, 9.17) is 25.8 Å². The standard InChI is InChI=1S/C27H37ClN4O5/c1-19-15-22(5-7-24(19)28)36-18-27(16-26(34)31-9-12-35-13-10-31)17-32(11-14-37-27)25(33)8-6-23-20(2)29-30(4)21(23)3/h5,7,15H,6,8-14,16-18H2,1-4H3/t27-/m0/s1. The van der Waals surface area contributed by atoms with Crippen LogP contribution >= 0.6 is 11.6 Å². The van der Waals surface area contributed by atoms with Gasteiger partial charge in [-0.3, -0.25) is 14.3 Å². The summed E-state index contributed by atoms with van der Waals surface area (Å²) >= 11 is 6.17. The molecule has 9 nitrogen and oxygen atoms in total. The van der Waals surface area contributed by atoms with Gasteiger partial charge in [-0.15, -0.1) is 0 Å². The highest BCUT2D eigenvalue weighted by molar-refractivity contribution is 6.31. The molecule has 37 heavy (non-hydrogen) atoms. The third-order valence-electron chi connectivity index (χ3n) is 7.32. The lowest BCUT2D eigenvalue weighted by molar-refractivity contribution is -0.167. The van der Waals surface area contributed by atoms with E-state index in [9.17, 15) is 9.59 Å². The van der Waals surface area contributed by atoms with Gasteiger partial charge in [0.15, 0.2) is 0 Å². The smallest absolute Gasteiger partial charge is 0.225 e. The van der Waals surface area contributed by atoms with Crippen molar-refractivity contribution >= 4 is 23.4 Å². The first kappa shape index (κ1) is 27.4. The van der Waals surface area contributed by atoms with Gasteiger partial charge in [-0.2, -0.15) is 5.10 Å². The van der Waals surface area contributed by atoms with E-state index in [1.54, 1.807) is 17.0 Å². The molecule has 0 bridgehead atoms. The normalized spacial score (nSPS) is 20.2. The van der Waals surface area contributed by atoms with Crippen molar-refractivity contribution < 1.29 is 23.8 Å². The second-order valence-corrected chi connectivity index (χ2v) is 10.4. The van der Waals surface area contributed by atoms with Crippen molar-refractivity contribution in [2.24, 2.45) is 7.05 Å². The van der Waals surface area contributed by atoms with Gasteiger partial charge in [0.25, 0.3) is 0 Å². The van der Waals surface area contributed by atoms with Crippen LogP contribution in [0.25, 0.3) is 0 Å². The van der Waals surface area contributed by atoms with Gasteiger partial charge in [-0.05, 0) is 56.5 Å².